The van der Waals surface area contributed by atoms with Gasteiger partial charge in [-0.05, 0) is 18.6 Å². The molecule has 0 saturated carbocycles. The summed E-state index contributed by atoms with van der Waals surface area (Å²) >= 11 is 0. The van der Waals surface area contributed by atoms with Crippen LogP contribution in [0, 0.1) is 0 Å². The monoisotopic (exact) mass is 357 g/mol. The summed E-state index contributed by atoms with van der Waals surface area (Å²) < 4.78 is 37.3. The number of pyridine rings is 1. The Labute approximate surface area is 144 Å². The number of hydrogen-bond acceptors (Lipinski definition) is 4. The molecule has 1 N–H and O–H groups in total. The molecule has 0 aromatic carbocycles. The number of anilines is 1. The highest BCUT2D eigenvalue weighted by molar-refractivity contribution is 5.75. The Morgan fingerprint density at radius 1 is 1.16 bits per heavy atom. The summed E-state index contributed by atoms with van der Waals surface area (Å²) in [7, 11) is 0. The minimum Gasteiger partial charge on any atom is -0.368 e. The van der Waals surface area contributed by atoms with Gasteiger partial charge in [0.25, 0.3) is 0 Å². The molecule has 138 valence electrons. The number of carbonyl (C=O) groups is 1. The van der Waals surface area contributed by atoms with E-state index >= 15 is 0 Å². The van der Waals surface area contributed by atoms with Gasteiger partial charge in [-0.25, -0.2) is 4.79 Å². The van der Waals surface area contributed by atoms with Crippen LogP contribution in [0.2, 0.25) is 0 Å². The molecule has 2 fully saturated rings. The van der Waals surface area contributed by atoms with Crippen molar-refractivity contribution in [1.82, 2.24) is 20.1 Å². The number of alkyl halides is 3. The number of amides is 2. The second-order valence-corrected chi connectivity index (χ2v) is 6.46. The smallest absolute Gasteiger partial charge is 0.368 e. The van der Waals surface area contributed by atoms with Crippen LogP contribution in [0.15, 0.2) is 24.5 Å². The van der Waals surface area contributed by atoms with Crippen molar-refractivity contribution in [2.45, 2.75) is 18.6 Å². The van der Waals surface area contributed by atoms with Gasteiger partial charge in [0.05, 0.1) is 6.54 Å². The van der Waals surface area contributed by atoms with Gasteiger partial charge in [-0.1, -0.05) is 0 Å². The van der Waals surface area contributed by atoms with Gasteiger partial charge in [0.2, 0.25) is 0 Å². The van der Waals surface area contributed by atoms with Crippen molar-refractivity contribution in [3.05, 3.63) is 24.5 Å². The molecule has 6 nitrogen and oxygen atoms in total. The van der Waals surface area contributed by atoms with Crippen LogP contribution in [0.1, 0.15) is 6.42 Å². The van der Waals surface area contributed by atoms with Gasteiger partial charge in [-0.15, -0.1) is 0 Å². The quantitative estimate of drug-likeness (QED) is 0.892. The van der Waals surface area contributed by atoms with Gasteiger partial charge >= 0.3 is 12.2 Å². The van der Waals surface area contributed by atoms with Gasteiger partial charge in [-0.2, -0.15) is 13.2 Å². The van der Waals surface area contributed by atoms with E-state index in [0.29, 0.717) is 26.1 Å². The summed E-state index contributed by atoms with van der Waals surface area (Å²) in [6, 6.07) is 3.47. The molecule has 25 heavy (non-hydrogen) atoms. The minimum absolute atomic E-state index is 0.187. The third-order valence-electron chi connectivity index (χ3n) is 4.60. The van der Waals surface area contributed by atoms with Gasteiger partial charge in [0, 0.05) is 63.4 Å². The Hall–Kier alpha value is -2.03. The summed E-state index contributed by atoms with van der Waals surface area (Å²) in [5.74, 6) is 0. The zero-order valence-electron chi connectivity index (χ0n) is 13.9. The Kier molecular flexibility index (Phi) is 5.31. The molecule has 1 atom stereocenters. The van der Waals surface area contributed by atoms with Gasteiger partial charge in [0.15, 0.2) is 0 Å². The van der Waals surface area contributed by atoms with Crippen molar-refractivity contribution in [1.29, 1.82) is 0 Å². The van der Waals surface area contributed by atoms with E-state index in [0.717, 1.165) is 18.8 Å². The average molecular weight is 357 g/mol. The Balaban J connectivity index is 1.43. The molecule has 1 aromatic rings. The zero-order valence-corrected chi connectivity index (χ0v) is 13.9. The van der Waals surface area contributed by atoms with E-state index in [-0.39, 0.29) is 18.6 Å². The van der Waals surface area contributed by atoms with Crippen LogP contribution in [0.4, 0.5) is 23.7 Å². The summed E-state index contributed by atoms with van der Waals surface area (Å²) in [6.45, 7) is 2.33. The fraction of sp³-hybridized carbons (Fsp3) is 0.625. The van der Waals surface area contributed by atoms with E-state index in [2.05, 4.69) is 15.2 Å². The number of hydrogen-bond donors (Lipinski definition) is 1. The van der Waals surface area contributed by atoms with Gasteiger partial charge < -0.3 is 15.1 Å². The van der Waals surface area contributed by atoms with Crippen molar-refractivity contribution in [3.63, 3.8) is 0 Å². The van der Waals surface area contributed by atoms with Crippen LogP contribution in [-0.2, 0) is 0 Å². The van der Waals surface area contributed by atoms with Crippen molar-refractivity contribution in [2.24, 2.45) is 0 Å². The highest BCUT2D eigenvalue weighted by atomic mass is 19.4. The lowest BCUT2D eigenvalue weighted by Gasteiger charge is -2.36. The highest BCUT2D eigenvalue weighted by Crippen LogP contribution is 2.20. The predicted molar refractivity (Wildman–Crippen MR) is 87.5 cm³/mol. The average Bonchev–Trinajstić information content (AvgIpc) is 3.00. The Morgan fingerprint density at radius 3 is 2.48 bits per heavy atom. The first-order valence-corrected chi connectivity index (χ1v) is 8.40. The summed E-state index contributed by atoms with van der Waals surface area (Å²) in [5.41, 5.74) is 1.08. The molecule has 0 radical (unpaired) electrons. The maximum atomic E-state index is 12.4. The third-order valence-corrected chi connectivity index (χ3v) is 4.60. The molecule has 0 spiro atoms. The lowest BCUT2D eigenvalue weighted by atomic mass is 10.2. The van der Waals surface area contributed by atoms with Crippen LogP contribution in [0.5, 0.6) is 0 Å². The maximum Gasteiger partial charge on any atom is 0.401 e. The van der Waals surface area contributed by atoms with E-state index < -0.39 is 12.7 Å². The van der Waals surface area contributed by atoms with E-state index in [1.807, 2.05) is 12.1 Å². The lowest BCUT2D eigenvalue weighted by Crippen LogP contribution is -2.54. The maximum absolute atomic E-state index is 12.4. The predicted octanol–water partition coefficient (Wildman–Crippen LogP) is 1.55. The topological polar surface area (TPSA) is 51.7 Å². The van der Waals surface area contributed by atoms with Crippen molar-refractivity contribution in [3.8, 4) is 0 Å². The number of urea groups is 1. The van der Waals surface area contributed by atoms with E-state index in [1.165, 1.54) is 4.90 Å². The second kappa shape index (κ2) is 7.47. The first-order chi connectivity index (χ1) is 11.9. The first-order valence-electron chi connectivity index (χ1n) is 8.40. The zero-order chi connectivity index (χ0) is 17.9. The van der Waals surface area contributed by atoms with Gasteiger partial charge in [-0.3, -0.25) is 9.88 Å². The van der Waals surface area contributed by atoms with Crippen LogP contribution >= 0.6 is 0 Å². The van der Waals surface area contributed by atoms with Crippen LogP contribution in [0.3, 0.4) is 0 Å². The molecule has 3 rings (SSSR count). The SMILES string of the molecule is O=C(NC1CCN(CC(F)(F)F)C1)N1CCN(c2ccncc2)CC1. The van der Waals surface area contributed by atoms with Crippen molar-refractivity contribution in [2.75, 3.05) is 50.7 Å². The molecular formula is C16H22F3N5O. The molecule has 2 aliphatic rings. The van der Waals surface area contributed by atoms with E-state index in [9.17, 15) is 18.0 Å². The first kappa shape index (κ1) is 17.8. The Morgan fingerprint density at radius 2 is 1.84 bits per heavy atom. The fourth-order valence-corrected chi connectivity index (χ4v) is 3.34. The lowest BCUT2D eigenvalue weighted by molar-refractivity contribution is -0.143. The van der Waals surface area contributed by atoms with E-state index in [1.54, 1.807) is 17.3 Å². The molecule has 2 aliphatic heterocycles. The number of nitrogens with one attached hydrogen (secondary N) is 1. The van der Waals surface area contributed by atoms with Crippen molar-refractivity contribution < 1.29 is 18.0 Å². The number of likely N-dealkylation sites (tertiary alicyclic amines) is 1. The molecule has 2 saturated heterocycles. The number of carbonyl (C=O) groups excluding carboxylic acids is 1. The summed E-state index contributed by atoms with van der Waals surface area (Å²) in [6.07, 6.45) is -0.163. The third kappa shape index (κ3) is 4.97. The minimum atomic E-state index is -4.19. The van der Waals surface area contributed by atoms with Gasteiger partial charge in [0.1, 0.15) is 0 Å². The number of halogens is 3. The number of nitrogens with zero attached hydrogens (tertiary/aromatic N) is 4. The Bertz CT molecular complexity index is 575. The molecule has 9 heteroatoms. The number of rotatable bonds is 3. The number of aromatic nitrogens is 1. The van der Waals surface area contributed by atoms with Crippen LogP contribution < -0.4 is 10.2 Å². The molecule has 0 aliphatic carbocycles. The summed E-state index contributed by atoms with van der Waals surface area (Å²) in [5, 5.41) is 2.87. The van der Waals surface area contributed by atoms with Crippen LogP contribution in [-0.4, -0.2) is 78.8 Å². The fourth-order valence-electron chi connectivity index (χ4n) is 3.34. The van der Waals surface area contributed by atoms with Crippen molar-refractivity contribution >= 4 is 11.7 Å². The largest absolute Gasteiger partial charge is 0.401 e. The molecule has 3 heterocycles. The molecular weight excluding hydrogens is 335 g/mol. The summed E-state index contributed by atoms with van der Waals surface area (Å²) in [4.78, 5) is 21.6. The molecule has 2 amide bonds. The normalized spacial score (nSPS) is 22.3. The second-order valence-electron chi connectivity index (χ2n) is 6.46. The van der Waals surface area contributed by atoms with E-state index in [4.69, 9.17) is 0 Å². The van der Waals surface area contributed by atoms with Crippen LogP contribution in [0.25, 0.3) is 0 Å². The molecule has 1 aromatic heterocycles. The number of piperazine rings is 1. The standard InChI is InChI=1S/C16H22F3N5O/c17-16(18,19)12-22-6-3-13(11-22)21-15(25)24-9-7-23(8-10-24)14-1-4-20-5-2-14/h1-2,4-5,13H,3,6-12H2,(H,21,25). The highest BCUT2D eigenvalue weighted by Gasteiger charge is 2.35. The molecule has 1 unspecified atom stereocenters. The molecule has 0 bridgehead atoms.